The maximum absolute atomic E-state index is 3.28. The molecule has 0 amide bonds. The van der Waals surface area contributed by atoms with Crippen LogP contribution in [-0.4, -0.2) is 38.1 Å². The number of hydrogen-bond acceptors (Lipinski definition) is 2. The number of nitrogens with one attached hydrogen (secondary N) is 1. The number of rotatable bonds is 5. The van der Waals surface area contributed by atoms with E-state index in [-0.39, 0.29) is 0 Å². The summed E-state index contributed by atoms with van der Waals surface area (Å²) in [5, 5.41) is 3.28. The molecular weight excluding hydrogens is 220 g/mol. The van der Waals surface area contributed by atoms with Crippen LogP contribution in [0.3, 0.4) is 0 Å². The van der Waals surface area contributed by atoms with Gasteiger partial charge in [-0.05, 0) is 51.0 Å². The molecule has 1 N–H and O–H groups in total. The third kappa shape index (κ3) is 4.28. The lowest BCUT2D eigenvalue weighted by Crippen LogP contribution is -2.36. The molecule has 1 saturated heterocycles. The molecule has 18 heavy (non-hydrogen) atoms. The Kier molecular flexibility index (Phi) is 5.43. The first kappa shape index (κ1) is 13.3. The summed E-state index contributed by atoms with van der Waals surface area (Å²) in [4.78, 5) is 2.55. The predicted molar refractivity (Wildman–Crippen MR) is 78.6 cm³/mol. The van der Waals surface area contributed by atoms with Gasteiger partial charge < -0.3 is 5.32 Å². The predicted octanol–water partition coefficient (Wildman–Crippen LogP) is 2.63. The number of hydrogen-bond donors (Lipinski definition) is 1. The topological polar surface area (TPSA) is 15.3 Å². The Hall–Kier alpha value is -1.12. The van der Waals surface area contributed by atoms with Crippen LogP contribution >= 0.6 is 0 Å². The second-order valence-electron chi connectivity index (χ2n) is 5.11. The van der Waals surface area contributed by atoms with Gasteiger partial charge in [-0.15, -0.1) is 0 Å². The van der Waals surface area contributed by atoms with E-state index in [2.05, 4.69) is 59.7 Å². The maximum atomic E-state index is 3.28. The first-order valence-electron chi connectivity index (χ1n) is 6.97. The van der Waals surface area contributed by atoms with Gasteiger partial charge in [-0.1, -0.05) is 42.5 Å². The van der Waals surface area contributed by atoms with Crippen molar-refractivity contribution in [3.8, 4) is 0 Å². The van der Waals surface area contributed by atoms with E-state index in [1.807, 2.05) is 0 Å². The van der Waals surface area contributed by atoms with Crippen molar-refractivity contribution >= 4 is 6.08 Å². The lowest BCUT2D eigenvalue weighted by atomic mass is 9.97. The Morgan fingerprint density at radius 3 is 2.61 bits per heavy atom. The van der Waals surface area contributed by atoms with E-state index in [1.165, 1.54) is 38.0 Å². The Bertz CT molecular complexity index is 351. The molecule has 0 aromatic heterocycles. The summed E-state index contributed by atoms with van der Waals surface area (Å²) in [5.74, 6) is 0.879. The molecule has 0 saturated carbocycles. The summed E-state index contributed by atoms with van der Waals surface area (Å²) in [7, 11) is 2.05. The minimum Gasteiger partial charge on any atom is -0.319 e. The average Bonchev–Trinajstić information content (AvgIpc) is 2.42. The molecule has 1 aromatic rings. The molecule has 0 unspecified atom stereocenters. The molecule has 1 aromatic carbocycles. The summed E-state index contributed by atoms with van der Waals surface area (Å²) < 4.78 is 0. The van der Waals surface area contributed by atoms with E-state index in [0.717, 1.165) is 12.5 Å². The fourth-order valence-corrected chi connectivity index (χ4v) is 2.56. The summed E-state index contributed by atoms with van der Waals surface area (Å²) >= 11 is 0. The number of benzene rings is 1. The van der Waals surface area contributed by atoms with Gasteiger partial charge in [0.05, 0.1) is 0 Å². The van der Waals surface area contributed by atoms with Gasteiger partial charge in [0, 0.05) is 6.54 Å². The monoisotopic (exact) mass is 244 g/mol. The van der Waals surface area contributed by atoms with Gasteiger partial charge in [-0.2, -0.15) is 0 Å². The number of piperidine rings is 1. The van der Waals surface area contributed by atoms with Crippen molar-refractivity contribution in [1.29, 1.82) is 0 Å². The summed E-state index contributed by atoms with van der Waals surface area (Å²) in [6, 6.07) is 10.5. The van der Waals surface area contributed by atoms with Crippen molar-refractivity contribution in [3.63, 3.8) is 0 Å². The fraction of sp³-hybridized carbons (Fsp3) is 0.500. The molecule has 1 fully saturated rings. The van der Waals surface area contributed by atoms with Crippen LogP contribution in [0.15, 0.2) is 36.4 Å². The van der Waals surface area contributed by atoms with E-state index in [9.17, 15) is 0 Å². The lowest BCUT2D eigenvalue weighted by molar-refractivity contribution is 0.200. The molecule has 2 rings (SSSR count). The average molecular weight is 244 g/mol. The van der Waals surface area contributed by atoms with Crippen LogP contribution in [0.2, 0.25) is 0 Å². The van der Waals surface area contributed by atoms with E-state index < -0.39 is 0 Å². The molecule has 2 heteroatoms. The standard InChI is InChI=1S/C16H24N2/c1-17-14-16-9-12-18(13-10-16)11-5-8-15-6-3-2-4-7-15/h2-8,16-17H,9-14H2,1H3/b8-5+. The SMILES string of the molecule is CNCC1CCN(C/C=C/c2ccccc2)CC1. The molecule has 98 valence electrons. The third-order valence-corrected chi connectivity index (χ3v) is 3.67. The molecular formula is C16H24N2. The second-order valence-corrected chi connectivity index (χ2v) is 5.11. The van der Waals surface area contributed by atoms with E-state index in [1.54, 1.807) is 0 Å². The van der Waals surface area contributed by atoms with Crippen LogP contribution < -0.4 is 5.32 Å². The molecule has 0 spiro atoms. The Labute approximate surface area is 111 Å². The maximum Gasteiger partial charge on any atom is 0.0166 e. The molecule has 1 aliphatic heterocycles. The molecule has 1 aliphatic rings. The van der Waals surface area contributed by atoms with Gasteiger partial charge in [0.1, 0.15) is 0 Å². The van der Waals surface area contributed by atoms with Crippen LogP contribution in [0.25, 0.3) is 6.08 Å². The van der Waals surface area contributed by atoms with Gasteiger partial charge >= 0.3 is 0 Å². The van der Waals surface area contributed by atoms with Crippen molar-refractivity contribution in [1.82, 2.24) is 10.2 Å². The smallest absolute Gasteiger partial charge is 0.0166 e. The van der Waals surface area contributed by atoms with Crippen molar-refractivity contribution in [2.24, 2.45) is 5.92 Å². The molecule has 0 atom stereocenters. The van der Waals surface area contributed by atoms with E-state index in [4.69, 9.17) is 0 Å². The number of likely N-dealkylation sites (tertiary alicyclic amines) is 1. The highest BCUT2D eigenvalue weighted by Crippen LogP contribution is 2.16. The highest BCUT2D eigenvalue weighted by Gasteiger charge is 2.17. The molecule has 0 bridgehead atoms. The van der Waals surface area contributed by atoms with Crippen molar-refractivity contribution < 1.29 is 0 Å². The second kappa shape index (κ2) is 7.34. The fourth-order valence-electron chi connectivity index (χ4n) is 2.56. The quantitative estimate of drug-likeness (QED) is 0.856. The Balaban J connectivity index is 1.71. The first-order chi connectivity index (χ1) is 8.88. The minimum atomic E-state index is 0.879. The van der Waals surface area contributed by atoms with Crippen LogP contribution in [-0.2, 0) is 0 Å². The summed E-state index contributed by atoms with van der Waals surface area (Å²) in [5.41, 5.74) is 1.29. The van der Waals surface area contributed by atoms with Crippen LogP contribution in [0.1, 0.15) is 18.4 Å². The molecule has 1 heterocycles. The van der Waals surface area contributed by atoms with Crippen LogP contribution in [0.4, 0.5) is 0 Å². The van der Waals surface area contributed by atoms with Gasteiger partial charge in [0.25, 0.3) is 0 Å². The zero-order valence-electron chi connectivity index (χ0n) is 11.3. The van der Waals surface area contributed by atoms with Gasteiger partial charge in [-0.25, -0.2) is 0 Å². The normalized spacial score (nSPS) is 18.5. The molecule has 0 radical (unpaired) electrons. The van der Waals surface area contributed by atoms with Crippen molar-refractivity contribution in [2.75, 3.05) is 33.2 Å². The van der Waals surface area contributed by atoms with Gasteiger partial charge in [-0.3, -0.25) is 4.90 Å². The summed E-state index contributed by atoms with van der Waals surface area (Å²) in [6.45, 7) is 4.74. The third-order valence-electron chi connectivity index (χ3n) is 3.67. The molecule has 2 nitrogen and oxygen atoms in total. The zero-order chi connectivity index (χ0) is 12.6. The van der Waals surface area contributed by atoms with E-state index in [0.29, 0.717) is 0 Å². The largest absolute Gasteiger partial charge is 0.319 e. The highest BCUT2D eigenvalue weighted by molar-refractivity contribution is 5.48. The molecule has 0 aliphatic carbocycles. The van der Waals surface area contributed by atoms with Crippen LogP contribution in [0.5, 0.6) is 0 Å². The minimum absolute atomic E-state index is 0.879. The Morgan fingerprint density at radius 1 is 1.22 bits per heavy atom. The van der Waals surface area contributed by atoms with Crippen molar-refractivity contribution in [3.05, 3.63) is 42.0 Å². The highest BCUT2D eigenvalue weighted by atomic mass is 15.1. The first-order valence-corrected chi connectivity index (χ1v) is 6.97. The van der Waals surface area contributed by atoms with Crippen LogP contribution in [0, 0.1) is 5.92 Å². The lowest BCUT2D eigenvalue weighted by Gasteiger charge is -2.31. The number of nitrogens with zero attached hydrogens (tertiary/aromatic N) is 1. The van der Waals surface area contributed by atoms with Crippen molar-refractivity contribution in [2.45, 2.75) is 12.8 Å². The zero-order valence-corrected chi connectivity index (χ0v) is 11.3. The Morgan fingerprint density at radius 2 is 1.94 bits per heavy atom. The van der Waals surface area contributed by atoms with Gasteiger partial charge in [0.2, 0.25) is 0 Å². The summed E-state index contributed by atoms with van der Waals surface area (Å²) in [6.07, 6.45) is 7.17. The van der Waals surface area contributed by atoms with Gasteiger partial charge in [0.15, 0.2) is 0 Å². The van der Waals surface area contributed by atoms with E-state index >= 15 is 0 Å².